The molecule has 0 radical (unpaired) electrons. The lowest BCUT2D eigenvalue weighted by molar-refractivity contribution is -0.384. The number of hydrogen-bond acceptors (Lipinski definition) is 15. The second-order valence-corrected chi connectivity index (χ2v) is 17.4. The molecule has 22 heteroatoms. The number of carbonyl (C=O) groups is 8. The minimum absolute atomic E-state index is 0.0176. The summed E-state index contributed by atoms with van der Waals surface area (Å²) in [6, 6.07) is 22.0. The topological polar surface area (TPSA) is 280 Å². The number of thioether (sulfide) groups is 1. The average Bonchev–Trinajstić information content (AvgIpc) is 3.54. The van der Waals surface area contributed by atoms with E-state index in [0.29, 0.717) is 23.1 Å². The predicted octanol–water partition coefficient (Wildman–Crippen LogP) is 3.26. The first-order chi connectivity index (χ1) is 32.0. The Morgan fingerprint density at radius 1 is 0.791 bits per heavy atom. The van der Waals surface area contributed by atoms with Gasteiger partial charge in [-0.3, -0.25) is 39.0 Å². The highest BCUT2D eigenvalue weighted by atomic mass is 32.2. The summed E-state index contributed by atoms with van der Waals surface area (Å²) < 4.78 is 20.2. The normalized spacial score (nSPS) is 18.6. The standard InChI is InChI=1S/C45H45N7O14S/c1-44(2)37(41(58)63-23-27-10-6-4-7-11-27)51-40(57)36(45(51,67-44)47-26-53)50-39(56)35(30-16-20-32(21-17-30)66-43(60)65-25-28-12-8-5-9-13-28)49-38(55)33(22-34(54)46-3)48-42(59)64-24-29-14-18-31(19-15-29)52(61)62/h4-21,26,33,35-37H,22-25H2,1-3H3,(H,46,54)(H,47,53)(H,48,59)(H,49,55)(H,50,56)/t33?,35?,36-,37+,45?/m1/s1. The molecule has 6 amide bonds. The van der Waals surface area contributed by atoms with E-state index >= 15 is 0 Å². The van der Waals surface area contributed by atoms with E-state index in [-0.39, 0.29) is 36.8 Å². The van der Waals surface area contributed by atoms with Crippen LogP contribution in [-0.2, 0) is 62.8 Å². The Labute approximate surface area is 386 Å². The SMILES string of the molecule is CNC(=O)CC(NC(=O)OCc1ccc([N+](=O)[O-])cc1)C(=O)NC(C(=O)N[C@@H]1C(=O)N2[C@@H](C(=O)OCc3ccccc3)C(C)(C)SC12NC=O)c1ccc(OC(=O)OCc2ccccc2)cc1. The monoisotopic (exact) mass is 939 g/mol. The first kappa shape index (κ1) is 48.4. The fourth-order valence-corrected chi connectivity index (χ4v) is 9.04. The number of β-lactam (4-membered cyclic amide) rings is 1. The fraction of sp³-hybridized carbons (Fsp3) is 0.289. The first-order valence-electron chi connectivity index (χ1n) is 20.5. The molecule has 2 heterocycles. The zero-order chi connectivity index (χ0) is 48.3. The summed E-state index contributed by atoms with van der Waals surface area (Å²) in [6.45, 7) is 2.79. The zero-order valence-electron chi connectivity index (χ0n) is 36.1. The van der Waals surface area contributed by atoms with Crippen molar-refractivity contribution in [1.29, 1.82) is 0 Å². The van der Waals surface area contributed by atoms with E-state index in [4.69, 9.17) is 18.9 Å². The highest BCUT2D eigenvalue weighted by Crippen LogP contribution is 2.57. The van der Waals surface area contributed by atoms with Gasteiger partial charge in [-0.1, -0.05) is 72.8 Å². The van der Waals surface area contributed by atoms with Gasteiger partial charge >= 0.3 is 18.2 Å². The van der Waals surface area contributed by atoms with Gasteiger partial charge in [0.2, 0.25) is 24.1 Å². The van der Waals surface area contributed by atoms with Crippen LogP contribution in [0.4, 0.5) is 15.3 Å². The number of nitrogens with zero attached hydrogens (tertiary/aromatic N) is 2. The molecule has 2 aliphatic heterocycles. The molecule has 6 rings (SSSR count). The summed E-state index contributed by atoms with van der Waals surface area (Å²) >= 11 is 1.02. The molecule has 0 spiro atoms. The van der Waals surface area contributed by atoms with Gasteiger partial charge in [-0.15, -0.1) is 11.8 Å². The number of nitro benzene ring substituents is 1. The number of hydrogen-bond donors (Lipinski definition) is 5. The highest BCUT2D eigenvalue weighted by molar-refractivity contribution is 8.02. The van der Waals surface area contributed by atoms with Gasteiger partial charge in [0.05, 0.1) is 11.3 Å². The largest absolute Gasteiger partial charge is 0.514 e. The van der Waals surface area contributed by atoms with Crippen LogP contribution in [0.15, 0.2) is 109 Å². The number of carbonyl (C=O) groups excluding carboxylic acids is 8. The van der Waals surface area contributed by atoms with Crippen molar-refractivity contribution in [2.75, 3.05) is 7.05 Å². The second kappa shape index (κ2) is 21.3. The number of nitro groups is 1. The van der Waals surface area contributed by atoms with Crippen molar-refractivity contribution in [2.24, 2.45) is 0 Å². The molecule has 4 aromatic carbocycles. The summed E-state index contributed by atoms with van der Waals surface area (Å²) in [5.74, 6) is -4.32. The predicted molar refractivity (Wildman–Crippen MR) is 236 cm³/mol. The van der Waals surface area contributed by atoms with Crippen molar-refractivity contribution in [1.82, 2.24) is 31.5 Å². The van der Waals surface area contributed by atoms with Gasteiger partial charge in [0.15, 0.2) is 11.0 Å². The number of nitrogens with one attached hydrogen (secondary N) is 5. The van der Waals surface area contributed by atoms with Gasteiger partial charge in [-0.2, -0.15) is 0 Å². The van der Waals surface area contributed by atoms with Gasteiger partial charge < -0.3 is 45.5 Å². The molecule has 0 saturated carbocycles. The van der Waals surface area contributed by atoms with E-state index in [1.165, 1.54) is 55.6 Å². The van der Waals surface area contributed by atoms with Crippen molar-refractivity contribution < 1.29 is 62.2 Å². The number of fused-ring (bicyclic) bond motifs is 1. The maximum Gasteiger partial charge on any atom is 0.514 e. The molecule has 3 unspecified atom stereocenters. The molecule has 350 valence electrons. The van der Waals surface area contributed by atoms with Crippen LogP contribution in [0.1, 0.15) is 48.6 Å². The Hall–Kier alpha value is -8.01. The molecular weight excluding hydrogens is 895 g/mol. The Kier molecular flexibility index (Phi) is 15.4. The lowest BCUT2D eigenvalue weighted by atomic mass is 9.92. The van der Waals surface area contributed by atoms with E-state index in [9.17, 15) is 48.5 Å². The Balaban J connectivity index is 1.22. The second-order valence-electron chi connectivity index (χ2n) is 15.5. The number of esters is 1. The molecule has 21 nitrogen and oxygen atoms in total. The van der Waals surface area contributed by atoms with E-state index < -0.39 is 87.1 Å². The summed E-state index contributed by atoms with van der Waals surface area (Å²) in [5, 5.41) is 23.4. The summed E-state index contributed by atoms with van der Waals surface area (Å²) in [4.78, 5) is 116. The van der Waals surface area contributed by atoms with Crippen molar-refractivity contribution in [3.8, 4) is 5.75 Å². The molecule has 5 atom stereocenters. The maximum atomic E-state index is 14.5. The summed E-state index contributed by atoms with van der Waals surface area (Å²) in [6.07, 6.45) is -2.53. The van der Waals surface area contributed by atoms with Crippen molar-refractivity contribution >= 4 is 65.7 Å². The third-order valence-electron chi connectivity index (χ3n) is 10.5. The molecular formula is C45H45N7O14S. The number of benzene rings is 4. The zero-order valence-corrected chi connectivity index (χ0v) is 36.9. The molecule has 0 aromatic heterocycles. The van der Waals surface area contributed by atoms with Crippen molar-refractivity contribution in [3.05, 3.63) is 142 Å². The molecule has 5 N–H and O–H groups in total. The minimum Gasteiger partial charge on any atom is -0.459 e. The van der Waals surface area contributed by atoms with E-state index in [2.05, 4.69) is 26.6 Å². The van der Waals surface area contributed by atoms with E-state index in [1.807, 2.05) is 0 Å². The van der Waals surface area contributed by atoms with Crippen LogP contribution >= 0.6 is 11.8 Å². The van der Waals surface area contributed by atoms with Gasteiger partial charge in [-0.25, -0.2) is 14.4 Å². The number of alkyl carbamates (subject to hydrolysis) is 1. The lowest BCUT2D eigenvalue weighted by Crippen LogP contribution is -2.82. The van der Waals surface area contributed by atoms with Crippen LogP contribution in [0.3, 0.4) is 0 Å². The van der Waals surface area contributed by atoms with Gasteiger partial charge in [0, 0.05) is 23.9 Å². The number of amides is 6. The average molecular weight is 940 g/mol. The highest BCUT2D eigenvalue weighted by Gasteiger charge is 2.74. The minimum atomic E-state index is -1.70. The Morgan fingerprint density at radius 2 is 1.37 bits per heavy atom. The molecule has 0 aliphatic carbocycles. The molecule has 0 bridgehead atoms. The van der Waals surface area contributed by atoms with Crippen molar-refractivity contribution in [3.63, 3.8) is 0 Å². The van der Waals surface area contributed by atoms with Gasteiger partial charge in [0.25, 0.3) is 11.6 Å². The van der Waals surface area contributed by atoms with Gasteiger partial charge in [0.1, 0.15) is 43.7 Å². The van der Waals surface area contributed by atoms with Crippen LogP contribution in [0, 0.1) is 10.1 Å². The maximum absolute atomic E-state index is 14.5. The first-order valence-corrected chi connectivity index (χ1v) is 21.3. The number of ether oxygens (including phenoxy) is 4. The molecule has 2 saturated heterocycles. The van der Waals surface area contributed by atoms with Crippen LogP contribution in [-0.4, -0.2) is 93.0 Å². The van der Waals surface area contributed by atoms with E-state index in [1.54, 1.807) is 74.5 Å². The molecule has 2 aliphatic rings. The molecule has 67 heavy (non-hydrogen) atoms. The quantitative estimate of drug-likeness (QED) is 0.0172. The van der Waals surface area contributed by atoms with E-state index in [0.717, 1.165) is 16.7 Å². The fourth-order valence-electron chi connectivity index (χ4n) is 7.24. The number of rotatable bonds is 19. The Bertz CT molecular complexity index is 2500. The van der Waals surface area contributed by atoms with Crippen LogP contribution in [0.2, 0.25) is 0 Å². The van der Waals surface area contributed by atoms with Gasteiger partial charge in [-0.05, 0) is 60.4 Å². The van der Waals surface area contributed by atoms with Crippen LogP contribution < -0.4 is 31.3 Å². The third kappa shape index (κ3) is 11.6. The molecule has 2 fully saturated rings. The summed E-state index contributed by atoms with van der Waals surface area (Å²) in [7, 11) is 1.29. The smallest absolute Gasteiger partial charge is 0.459 e. The van der Waals surface area contributed by atoms with Crippen LogP contribution in [0.5, 0.6) is 5.75 Å². The lowest BCUT2D eigenvalue weighted by Gasteiger charge is -2.53. The number of non-ortho nitro benzene ring substituents is 1. The van der Waals surface area contributed by atoms with Crippen LogP contribution in [0.25, 0.3) is 0 Å². The summed E-state index contributed by atoms with van der Waals surface area (Å²) in [5.41, 5.74) is 1.63. The Morgan fingerprint density at radius 3 is 1.96 bits per heavy atom. The molecule has 4 aromatic rings. The third-order valence-corrected chi connectivity index (χ3v) is 12.1. The van der Waals surface area contributed by atoms with Crippen molar-refractivity contribution in [2.45, 2.75) is 74.0 Å².